The molecule has 0 radical (unpaired) electrons. The number of aromatic hydroxyl groups is 3. The second-order valence-corrected chi connectivity index (χ2v) is 10.1. The number of rotatable bonds is 6. The molecule has 5 rings (SSSR count). The van der Waals surface area contributed by atoms with Gasteiger partial charge in [0.1, 0.15) is 64.8 Å². The SMILES string of the molecule is C[C@H]1O[C@@H](O[C@H]2[C@H](Oc3c(-c4ccc(O)cc4)oc4cc(O)cc(O)c4c3=O)O[C@H](CO)[C@@H](O)[C@@H]2O)[C@H](O)[C@H](O)[C@H]1O. The van der Waals surface area contributed by atoms with E-state index in [1.165, 1.54) is 31.2 Å². The third-order valence-corrected chi connectivity index (χ3v) is 7.21. The van der Waals surface area contributed by atoms with Gasteiger partial charge in [-0.25, -0.2) is 0 Å². The molecule has 9 N–H and O–H groups in total. The van der Waals surface area contributed by atoms with Crippen molar-refractivity contribution in [2.75, 3.05) is 6.61 Å². The van der Waals surface area contributed by atoms with Gasteiger partial charge in [0.05, 0.1) is 12.7 Å². The van der Waals surface area contributed by atoms with Crippen LogP contribution in [0.15, 0.2) is 45.6 Å². The number of fused-ring (bicyclic) bond motifs is 1. The van der Waals surface area contributed by atoms with Gasteiger partial charge in [-0.3, -0.25) is 4.79 Å². The first-order chi connectivity index (χ1) is 19.9. The van der Waals surface area contributed by atoms with Crippen molar-refractivity contribution >= 4 is 11.0 Å². The summed E-state index contributed by atoms with van der Waals surface area (Å²) >= 11 is 0. The largest absolute Gasteiger partial charge is 0.508 e. The minimum atomic E-state index is -1.87. The molecule has 2 fully saturated rings. The van der Waals surface area contributed by atoms with Crippen molar-refractivity contribution in [3.8, 4) is 34.3 Å². The molecule has 0 saturated carbocycles. The summed E-state index contributed by atoms with van der Waals surface area (Å²) < 4.78 is 28.5. The Bertz CT molecular complexity index is 1470. The van der Waals surface area contributed by atoms with Crippen LogP contribution in [0.25, 0.3) is 22.3 Å². The van der Waals surface area contributed by atoms with Gasteiger partial charge in [-0.05, 0) is 31.2 Å². The summed E-state index contributed by atoms with van der Waals surface area (Å²) in [7, 11) is 0. The van der Waals surface area contributed by atoms with Crippen LogP contribution in [0.2, 0.25) is 0 Å². The molecule has 1 aromatic heterocycles. The molecule has 2 aliphatic heterocycles. The molecule has 2 aliphatic rings. The van der Waals surface area contributed by atoms with Crippen molar-refractivity contribution in [2.45, 2.75) is 68.3 Å². The highest BCUT2D eigenvalue weighted by molar-refractivity contribution is 5.88. The normalized spacial score (nSPS) is 33.5. The van der Waals surface area contributed by atoms with Crippen LogP contribution in [-0.4, -0.2) is 114 Å². The zero-order chi connectivity index (χ0) is 30.5. The maximum atomic E-state index is 13.7. The number of benzene rings is 2. The van der Waals surface area contributed by atoms with Crippen LogP contribution in [0.3, 0.4) is 0 Å². The lowest BCUT2D eigenvalue weighted by Gasteiger charge is -2.45. The van der Waals surface area contributed by atoms with Crippen molar-refractivity contribution < 1.29 is 69.3 Å². The minimum Gasteiger partial charge on any atom is -0.508 e. The van der Waals surface area contributed by atoms with Gasteiger partial charge >= 0.3 is 0 Å². The average molecular weight is 595 g/mol. The number of hydrogen-bond acceptors (Lipinski definition) is 15. The Balaban J connectivity index is 1.60. The maximum Gasteiger partial charge on any atom is 0.239 e. The van der Waals surface area contributed by atoms with Gasteiger partial charge in [-0.1, -0.05) is 0 Å². The summed E-state index contributed by atoms with van der Waals surface area (Å²) in [6, 6.07) is 7.31. The number of aliphatic hydroxyl groups is 6. The fourth-order valence-corrected chi connectivity index (χ4v) is 4.87. The smallest absolute Gasteiger partial charge is 0.239 e. The van der Waals surface area contributed by atoms with Gasteiger partial charge in [0.2, 0.25) is 17.5 Å². The van der Waals surface area contributed by atoms with Crippen molar-refractivity contribution in [3.63, 3.8) is 0 Å². The molecular formula is C27H30O15. The van der Waals surface area contributed by atoms with Gasteiger partial charge in [0, 0.05) is 17.7 Å². The lowest BCUT2D eigenvalue weighted by atomic mass is 9.97. The quantitative estimate of drug-likeness (QED) is 0.159. The maximum absolute atomic E-state index is 13.7. The molecule has 2 saturated heterocycles. The molecule has 0 unspecified atom stereocenters. The van der Waals surface area contributed by atoms with E-state index in [4.69, 9.17) is 23.4 Å². The first-order valence-electron chi connectivity index (χ1n) is 12.9. The number of phenolic OH excluding ortho intramolecular Hbond substituents is 3. The number of phenols is 3. The Hall–Kier alpha value is -3.51. The Morgan fingerprint density at radius 2 is 1.50 bits per heavy atom. The molecule has 0 spiro atoms. The Morgan fingerprint density at radius 1 is 0.810 bits per heavy atom. The van der Waals surface area contributed by atoms with Crippen molar-refractivity contribution in [2.24, 2.45) is 0 Å². The van der Waals surface area contributed by atoms with E-state index in [0.717, 1.165) is 12.1 Å². The van der Waals surface area contributed by atoms with Crippen molar-refractivity contribution in [1.29, 1.82) is 0 Å². The monoisotopic (exact) mass is 594 g/mol. The summed E-state index contributed by atoms with van der Waals surface area (Å²) in [5.74, 6) is -2.03. The molecule has 228 valence electrons. The average Bonchev–Trinajstić information content (AvgIpc) is 2.95. The highest BCUT2D eigenvalue weighted by atomic mass is 16.8. The minimum absolute atomic E-state index is 0.112. The second-order valence-electron chi connectivity index (χ2n) is 10.1. The fourth-order valence-electron chi connectivity index (χ4n) is 4.87. The molecular weight excluding hydrogens is 564 g/mol. The van der Waals surface area contributed by atoms with E-state index in [9.17, 15) is 50.8 Å². The van der Waals surface area contributed by atoms with E-state index in [1.807, 2.05) is 0 Å². The molecule has 10 atom stereocenters. The second kappa shape index (κ2) is 11.6. The van der Waals surface area contributed by atoms with Gasteiger partial charge in [-0.15, -0.1) is 0 Å². The van der Waals surface area contributed by atoms with Crippen LogP contribution in [0.4, 0.5) is 0 Å². The van der Waals surface area contributed by atoms with E-state index in [0.29, 0.717) is 0 Å². The Kier molecular flexibility index (Phi) is 8.30. The third-order valence-electron chi connectivity index (χ3n) is 7.21. The first-order valence-corrected chi connectivity index (χ1v) is 12.9. The fraction of sp³-hybridized carbons (Fsp3) is 0.444. The zero-order valence-electron chi connectivity index (χ0n) is 21.9. The summed E-state index contributed by atoms with van der Waals surface area (Å²) in [4.78, 5) is 13.7. The Morgan fingerprint density at radius 3 is 2.17 bits per heavy atom. The third kappa shape index (κ3) is 5.37. The molecule has 2 aromatic carbocycles. The molecule has 0 aliphatic carbocycles. The highest BCUT2D eigenvalue weighted by Gasteiger charge is 2.51. The first kappa shape index (κ1) is 30.0. The summed E-state index contributed by atoms with van der Waals surface area (Å²) in [6.07, 6.45) is -16.3. The molecule has 42 heavy (non-hydrogen) atoms. The molecule has 15 nitrogen and oxygen atoms in total. The van der Waals surface area contributed by atoms with Crippen molar-refractivity contribution in [3.05, 3.63) is 46.6 Å². The van der Waals surface area contributed by atoms with Gasteiger partial charge in [-0.2, -0.15) is 0 Å². The molecule has 0 amide bonds. The van der Waals surface area contributed by atoms with Gasteiger partial charge < -0.3 is 69.3 Å². The summed E-state index contributed by atoms with van der Waals surface area (Å²) in [5, 5.41) is 91.6. The van der Waals surface area contributed by atoms with Crippen LogP contribution < -0.4 is 10.2 Å². The topological polar surface area (TPSA) is 249 Å². The van der Waals surface area contributed by atoms with Gasteiger partial charge in [0.15, 0.2) is 18.2 Å². The lowest BCUT2D eigenvalue weighted by molar-refractivity contribution is -0.354. The summed E-state index contributed by atoms with van der Waals surface area (Å²) in [6.45, 7) is 0.593. The summed E-state index contributed by atoms with van der Waals surface area (Å²) in [5.41, 5.74) is -0.995. The predicted octanol–water partition coefficient (Wildman–Crippen LogP) is -1.39. The zero-order valence-corrected chi connectivity index (χ0v) is 21.9. The van der Waals surface area contributed by atoms with Crippen LogP contribution in [0, 0.1) is 0 Å². The van der Waals surface area contributed by atoms with Crippen LogP contribution in [0.1, 0.15) is 6.92 Å². The van der Waals surface area contributed by atoms with E-state index >= 15 is 0 Å². The molecule has 0 bridgehead atoms. The lowest BCUT2D eigenvalue weighted by Crippen LogP contribution is -2.64. The number of aliphatic hydroxyl groups excluding tert-OH is 6. The van der Waals surface area contributed by atoms with Crippen molar-refractivity contribution in [1.82, 2.24) is 0 Å². The van der Waals surface area contributed by atoms with Crippen LogP contribution in [-0.2, 0) is 14.2 Å². The standard InChI is InChI=1S/C27H30O15/c1-9-17(32)20(35)22(37)26(38-9)42-25-21(36)18(33)15(8-28)40-27(25)41-24-19(34)16-13(31)6-12(30)7-14(16)39-23(24)10-2-4-11(29)5-3-10/h2-7,9,15,17-18,20-22,25-33,35-37H,8H2,1H3/t9-,15-,17+,18-,20-,21+,22-,25-,26+,27+/m1/s1. The van der Waals surface area contributed by atoms with Crippen LogP contribution >= 0.6 is 0 Å². The van der Waals surface area contributed by atoms with E-state index < -0.39 is 96.1 Å². The number of ether oxygens (including phenoxy) is 4. The Labute approximate surface area is 236 Å². The van der Waals surface area contributed by atoms with E-state index in [1.54, 1.807) is 0 Å². The molecule has 3 heterocycles. The number of hydrogen-bond donors (Lipinski definition) is 9. The molecule has 15 heteroatoms. The molecule has 3 aromatic rings. The van der Waals surface area contributed by atoms with Gasteiger partial charge in [0.25, 0.3) is 0 Å². The van der Waals surface area contributed by atoms with E-state index in [-0.39, 0.29) is 22.7 Å². The highest BCUT2D eigenvalue weighted by Crippen LogP contribution is 2.38. The van der Waals surface area contributed by atoms with Crippen LogP contribution in [0.5, 0.6) is 23.0 Å². The van der Waals surface area contributed by atoms with E-state index in [2.05, 4.69) is 0 Å². The predicted molar refractivity (Wildman–Crippen MR) is 139 cm³/mol.